The molecule has 9 heteroatoms. The quantitative estimate of drug-likeness (QED) is 0.302. The van der Waals surface area contributed by atoms with Crippen LogP contribution in [-0.2, 0) is 5.75 Å². The van der Waals surface area contributed by atoms with Crippen LogP contribution in [0.3, 0.4) is 0 Å². The van der Waals surface area contributed by atoms with Crippen molar-refractivity contribution in [3.8, 4) is 22.8 Å². The largest absolute Gasteiger partial charge is 0.494 e. The van der Waals surface area contributed by atoms with Gasteiger partial charge in [0.2, 0.25) is 0 Å². The number of benzene rings is 2. The second-order valence-corrected chi connectivity index (χ2v) is 9.84. The molecule has 2 aromatic carbocycles. The van der Waals surface area contributed by atoms with Gasteiger partial charge in [0.05, 0.1) is 17.7 Å². The van der Waals surface area contributed by atoms with Crippen LogP contribution in [0.4, 0.5) is 0 Å². The standard InChI is InChI=1S/C25H23N5O2S2/c1-4-32-19-12-10-18(11-13-19)30-22(17-8-6-5-7-9-17)28-29-25(30)33-14-20-26-23(31)21-15(2)16(3)34-24(21)27-20/h5-13H,4,14H2,1-3H3,(H,26,27,31). The predicted octanol–water partition coefficient (Wildman–Crippen LogP) is 5.54. The lowest BCUT2D eigenvalue weighted by Gasteiger charge is -2.11. The van der Waals surface area contributed by atoms with Gasteiger partial charge in [-0.25, -0.2) is 4.98 Å². The molecule has 0 bridgehead atoms. The Labute approximate surface area is 204 Å². The molecule has 5 aromatic rings. The Hall–Kier alpha value is -3.43. The van der Waals surface area contributed by atoms with Gasteiger partial charge in [-0.05, 0) is 50.6 Å². The van der Waals surface area contributed by atoms with Crippen molar-refractivity contribution in [2.24, 2.45) is 0 Å². The maximum absolute atomic E-state index is 12.7. The van der Waals surface area contributed by atoms with Crippen molar-refractivity contribution in [2.75, 3.05) is 6.61 Å². The number of hydrogen-bond acceptors (Lipinski definition) is 7. The third-order valence-electron chi connectivity index (χ3n) is 5.50. The summed E-state index contributed by atoms with van der Waals surface area (Å²) in [5.41, 5.74) is 2.79. The Kier molecular flexibility index (Phi) is 6.21. The van der Waals surface area contributed by atoms with Gasteiger partial charge in [0, 0.05) is 16.1 Å². The molecule has 0 amide bonds. The first kappa shape index (κ1) is 22.4. The van der Waals surface area contributed by atoms with Crippen LogP contribution >= 0.6 is 23.1 Å². The molecule has 7 nitrogen and oxygen atoms in total. The zero-order valence-electron chi connectivity index (χ0n) is 19.0. The Morgan fingerprint density at radius 1 is 1.06 bits per heavy atom. The fourth-order valence-electron chi connectivity index (χ4n) is 3.73. The number of thiophene rings is 1. The average Bonchev–Trinajstić information content (AvgIpc) is 3.40. The summed E-state index contributed by atoms with van der Waals surface area (Å²) in [5.74, 6) is 2.64. The first-order chi connectivity index (χ1) is 16.5. The number of H-pyrrole nitrogens is 1. The van der Waals surface area contributed by atoms with Crippen molar-refractivity contribution in [3.63, 3.8) is 0 Å². The van der Waals surface area contributed by atoms with Gasteiger partial charge < -0.3 is 9.72 Å². The van der Waals surface area contributed by atoms with Crippen molar-refractivity contribution in [1.82, 2.24) is 24.7 Å². The predicted molar refractivity (Wildman–Crippen MR) is 137 cm³/mol. The molecule has 0 atom stereocenters. The number of hydrogen-bond donors (Lipinski definition) is 1. The number of aromatic nitrogens is 5. The Morgan fingerprint density at radius 3 is 2.56 bits per heavy atom. The fourth-order valence-corrected chi connectivity index (χ4v) is 5.60. The molecule has 0 fully saturated rings. The lowest BCUT2D eigenvalue weighted by molar-refractivity contribution is 0.340. The second-order valence-electron chi connectivity index (χ2n) is 7.70. The van der Waals surface area contributed by atoms with E-state index in [1.165, 1.54) is 11.8 Å². The molecule has 172 valence electrons. The lowest BCUT2D eigenvalue weighted by Crippen LogP contribution is -2.11. The van der Waals surface area contributed by atoms with Crippen molar-refractivity contribution in [2.45, 2.75) is 31.7 Å². The molecule has 0 radical (unpaired) electrons. The van der Waals surface area contributed by atoms with Crippen LogP contribution in [0.15, 0.2) is 64.5 Å². The van der Waals surface area contributed by atoms with E-state index in [1.807, 2.05) is 79.9 Å². The first-order valence-corrected chi connectivity index (χ1v) is 12.7. The number of thioether (sulfide) groups is 1. The molecule has 5 rings (SSSR count). The minimum atomic E-state index is -0.0968. The Bertz CT molecular complexity index is 1500. The van der Waals surface area contributed by atoms with Crippen molar-refractivity contribution < 1.29 is 4.74 Å². The van der Waals surface area contributed by atoms with Gasteiger partial charge in [0.15, 0.2) is 11.0 Å². The number of aromatic amines is 1. The third-order valence-corrected chi connectivity index (χ3v) is 7.54. The molecule has 0 unspecified atom stereocenters. The minimum absolute atomic E-state index is 0.0968. The van der Waals surface area contributed by atoms with Crippen molar-refractivity contribution in [3.05, 3.63) is 81.2 Å². The maximum Gasteiger partial charge on any atom is 0.259 e. The molecular weight excluding hydrogens is 466 g/mol. The normalized spacial score (nSPS) is 11.3. The third kappa shape index (κ3) is 4.24. The molecule has 34 heavy (non-hydrogen) atoms. The fraction of sp³-hybridized carbons (Fsp3) is 0.200. The van der Waals surface area contributed by atoms with Crippen LogP contribution in [-0.4, -0.2) is 31.3 Å². The van der Waals surface area contributed by atoms with E-state index in [1.54, 1.807) is 11.3 Å². The molecule has 0 saturated heterocycles. The van der Waals surface area contributed by atoms with E-state index in [4.69, 9.17) is 9.72 Å². The highest BCUT2D eigenvalue weighted by molar-refractivity contribution is 7.98. The molecule has 0 spiro atoms. The molecule has 0 saturated carbocycles. The molecular formula is C25H23N5O2S2. The maximum atomic E-state index is 12.7. The number of nitrogens with zero attached hydrogens (tertiary/aromatic N) is 4. The minimum Gasteiger partial charge on any atom is -0.494 e. The van der Waals surface area contributed by atoms with Gasteiger partial charge >= 0.3 is 0 Å². The highest BCUT2D eigenvalue weighted by Gasteiger charge is 2.18. The van der Waals surface area contributed by atoms with Crippen LogP contribution in [0.5, 0.6) is 5.75 Å². The van der Waals surface area contributed by atoms with E-state index in [9.17, 15) is 4.79 Å². The zero-order valence-corrected chi connectivity index (χ0v) is 20.7. The van der Waals surface area contributed by atoms with Gasteiger partial charge in [-0.3, -0.25) is 9.36 Å². The average molecular weight is 490 g/mol. The van der Waals surface area contributed by atoms with Gasteiger partial charge in [0.25, 0.3) is 5.56 Å². The number of rotatable bonds is 7. The lowest BCUT2D eigenvalue weighted by atomic mass is 10.2. The molecule has 0 aliphatic carbocycles. The van der Waals surface area contributed by atoms with Gasteiger partial charge in [0.1, 0.15) is 16.4 Å². The van der Waals surface area contributed by atoms with E-state index in [-0.39, 0.29) is 5.56 Å². The first-order valence-electron chi connectivity index (χ1n) is 10.9. The molecule has 1 N–H and O–H groups in total. The summed E-state index contributed by atoms with van der Waals surface area (Å²) in [7, 11) is 0. The van der Waals surface area contributed by atoms with Crippen LogP contribution in [0.1, 0.15) is 23.2 Å². The Balaban J connectivity index is 1.51. The van der Waals surface area contributed by atoms with Gasteiger partial charge in [-0.2, -0.15) is 0 Å². The summed E-state index contributed by atoms with van der Waals surface area (Å²) in [5, 5.41) is 10.4. The van der Waals surface area contributed by atoms with E-state index in [0.29, 0.717) is 28.7 Å². The van der Waals surface area contributed by atoms with Gasteiger partial charge in [-0.15, -0.1) is 21.5 Å². The summed E-state index contributed by atoms with van der Waals surface area (Å²) in [6.07, 6.45) is 0. The topological polar surface area (TPSA) is 85.7 Å². The van der Waals surface area contributed by atoms with Crippen LogP contribution < -0.4 is 10.3 Å². The smallest absolute Gasteiger partial charge is 0.259 e. The summed E-state index contributed by atoms with van der Waals surface area (Å²) >= 11 is 3.03. The monoisotopic (exact) mass is 489 g/mol. The SMILES string of the molecule is CCOc1ccc(-n2c(SCc3nc4sc(C)c(C)c4c(=O)[nH]3)nnc2-c2ccccc2)cc1. The van der Waals surface area contributed by atoms with Crippen molar-refractivity contribution in [1.29, 1.82) is 0 Å². The van der Waals surface area contributed by atoms with Crippen LogP contribution in [0.2, 0.25) is 0 Å². The van der Waals surface area contributed by atoms with Crippen LogP contribution in [0.25, 0.3) is 27.3 Å². The van der Waals surface area contributed by atoms with Gasteiger partial charge in [-0.1, -0.05) is 42.1 Å². The van der Waals surface area contributed by atoms with E-state index < -0.39 is 0 Å². The molecule has 3 aromatic heterocycles. The van der Waals surface area contributed by atoms with E-state index in [2.05, 4.69) is 15.2 Å². The second kappa shape index (κ2) is 9.44. The number of nitrogens with one attached hydrogen (secondary N) is 1. The number of ether oxygens (including phenoxy) is 1. The summed E-state index contributed by atoms with van der Waals surface area (Å²) < 4.78 is 7.62. The van der Waals surface area contributed by atoms with E-state index in [0.717, 1.165) is 38.1 Å². The summed E-state index contributed by atoms with van der Waals surface area (Å²) in [6.45, 7) is 6.55. The number of fused-ring (bicyclic) bond motifs is 1. The molecule has 0 aliphatic rings. The van der Waals surface area contributed by atoms with Crippen LogP contribution in [0, 0.1) is 13.8 Å². The highest BCUT2D eigenvalue weighted by atomic mass is 32.2. The summed E-state index contributed by atoms with van der Waals surface area (Å²) in [4.78, 5) is 22.2. The number of aryl methyl sites for hydroxylation is 2. The Morgan fingerprint density at radius 2 is 1.82 bits per heavy atom. The van der Waals surface area contributed by atoms with Crippen molar-refractivity contribution >= 4 is 33.3 Å². The molecule has 0 aliphatic heterocycles. The zero-order chi connectivity index (χ0) is 23.7. The summed E-state index contributed by atoms with van der Waals surface area (Å²) in [6, 6.07) is 17.8. The highest BCUT2D eigenvalue weighted by Crippen LogP contribution is 2.31. The molecule has 3 heterocycles. The van der Waals surface area contributed by atoms with E-state index >= 15 is 0 Å².